The molecule has 82 valence electrons. The zero-order chi connectivity index (χ0) is 11.4. The molecule has 1 aromatic rings. The number of rotatable bonds is 3. The van der Waals surface area contributed by atoms with Gasteiger partial charge in [0.1, 0.15) is 11.6 Å². The highest BCUT2D eigenvalue weighted by Crippen LogP contribution is 2.35. The van der Waals surface area contributed by atoms with Crippen molar-refractivity contribution in [2.45, 2.75) is 0 Å². The first-order valence-electron chi connectivity index (χ1n) is 4.00. The minimum absolute atomic E-state index is 0.161. The fraction of sp³-hybridized carbons (Fsp3) is 0.222. The van der Waals surface area contributed by atoms with Gasteiger partial charge in [0.05, 0.1) is 28.2 Å². The molecule has 0 unspecified atom stereocenters. The quantitative estimate of drug-likeness (QED) is 0.529. The van der Waals surface area contributed by atoms with Crippen LogP contribution in [0.2, 0.25) is 5.02 Å². The molecule has 0 saturated carbocycles. The van der Waals surface area contributed by atoms with Crippen LogP contribution in [0.15, 0.2) is 21.6 Å². The third-order valence-electron chi connectivity index (χ3n) is 1.62. The summed E-state index contributed by atoms with van der Waals surface area (Å²) in [5.41, 5.74) is 6.05. The molecule has 2 N–H and O–H groups in total. The number of hydrogen-bond acceptors (Lipinski definition) is 2. The number of benzene rings is 1. The summed E-state index contributed by atoms with van der Waals surface area (Å²) >= 11 is 14.8. The van der Waals surface area contributed by atoms with E-state index in [1.807, 2.05) is 0 Å². The van der Waals surface area contributed by atoms with Gasteiger partial charge in [-0.1, -0.05) is 11.6 Å². The van der Waals surface area contributed by atoms with Gasteiger partial charge >= 0.3 is 0 Å². The predicted octanol–water partition coefficient (Wildman–Crippen LogP) is 3.34. The summed E-state index contributed by atoms with van der Waals surface area (Å²) in [6, 6.07) is 3.38. The Morgan fingerprint density at radius 1 is 1.60 bits per heavy atom. The molecule has 0 aliphatic rings. The van der Waals surface area contributed by atoms with Gasteiger partial charge < -0.3 is 10.5 Å². The van der Waals surface area contributed by atoms with Crippen LogP contribution < -0.4 is 10.5 Å². The van der Waals surface area contributed by atoms with Crippen molar-refractivity contribution in [2.75, 3.05) is 13.0 Å². The molecule has 3 nitrogen and oxygen atoms in total. The molecule has 6 heteroatoms. The summed E-state index contributed by atoms with van der Waals surface area (Å²) in [6.07, 6.45) is 0. The Labute approximate surface area is 106 Å². The summed E-state index contributed by atoms with van der Waals surface area (Å²) in [5.74, 6) is 1.11. The van der Waals surface area contributed by atoms with Crippen LogP contribution in [-0.4, -0.2) is 18.8 Å². The second kappa shape index (κ2) is 5.58. The molecule has 0 fully saturated rings. The Balaban J connectivity index is 3.19. The van der Waals surface area contributed by atoms with E-state index >= 15 is 0 Å². The lowest BCUT2D eigenvalue weighted by molar-refractivity contribution is 0.412. The van der Waals surface area contributed by atoms with Gasteiger partial charge in [-0.2, -0.15) is 0 Å². The standard InChI is InChI=1S/C9H9BrCl2N2O/c1-15-8-3-7(14-9(13)4-11)6(12)2-5(8)10/h2-3H,4H2,1H3,(H2,13,14). The van der Waals surface area contributed by atoms with Crippen molar-refractivity contribution < 1.29 is 4.74 Å². The number of methoxy groups -OCH3 is 1. The van der Waals surface area contributed by atoms with Gasteiger partial charge in [0.15, 0.2) is 0 Å². The highest BCUT2D eigenvalue weighted by atomic mass is 79.9. The van der Waals surface area contributed by atoms with E-state index in [2.05, 4.69) is 20.9 Å². The van der Waals surface area contributed by atoms with Crippen LogP contribution in [0.3, 0.4) is 0 Å². The molecule has 0 amide bonds. The van der Waals surface area contributed by atoms with Crippen LogP contribution in [-0.2, 0) is 0 Å². The average Bonchev–Trinajstić information content (AvgIpc) is 2.21. The van der Waals surface area contributed by atoms with Gasteiger partial charge in [0.25, 0.3) is 0 Å². The van der Waals surface area contributed by atoms with Gasteiger partial charge in [0, 0.05) is 6.07 Å². The number of amidine groups is 1. The molecule has 1 aromatic carbocycles. The van der Waals surface area contributed by atoms with E-state index in [0.717, 1.165) is 4.47 Å². The lowest BCUT2D eigenvalue weighted by Gasteiger charge is -2.06. The summed E-state index contributed by atoms with van der Waals surface area (Å²) in [5, 5.41) is 0.482. The maximum Gasteiger partial charge on any atom is 0.135 e. The van der Waals surface area contributed by atoms with Crippen LogP contribution in [0.5, 0.6) is 5.75 Å². The average molecular weight is 312 g/mol. The number of nitrogens with zero attached hydrogens (tertiary/aromatic N) is 1. The first kappa shape index (κ1) is 12.6. The Morgan fingerprint density at radius 2 is 2.27 bits per heavy atom. The maximum atomic E-state index is 5.97. The van der Waals surface area contributed by atoms with Crippen molar-refractivity contribution in [3.05, 3.63) is 21.6 Å². The minimum Gasteiger partial charge on any atom is -0.495 e. The molecule has 15 heavy (non-hydrogen) atoms. The normalized spacial score (nSPS) is 11.6. The molecule has 0 spiro atoms. The van der Waals surface area contributed by atoms with Gasteiger partial charge in [0.2, 0.25) is 0 Å². The molecule has 0 aliphatic carbocycles. The number of nitrogens with two attached hydrogens (primary N) is 1. The molecule has 0 aliphatic heterocycles. The van der Waals surface area contributed by atoms with E-state index < -0.39 is 0 Å². The second-order valence-electron chi connectivity index (χ2n) is 2.67. The third kappa shape index (κ3) is 3.26. The van der Waals surface area contributed by atoms with Crippen molar-refractivity contribution in [2.24, 2.45) is 10.7 Å². The van der Waals surface area contributed by atoms with Crippen LogP contribution >= 0.6 is 39.1 Å². The molecule has 0 heterocycles. The van der Waals surface area contributed by atoms with Crippen LogP contribution in [0.4, 0.5) is 5.69 Å². The molecule has 1 rings (SSSR count). The predicted molar refractivity (Wildman–Crippen MR) is 67.7 cm³/mol. The van der Waals surface area contributed by atoms with E-state index in [-0.39, 0.29) is 5.88 Å². The Hall–Kier alpha value is -0.450. The largest absolute Gasteiger partial charge is 0.495 e. The lowest BCUT2D eigenvalue weighted by atomic mass is 10.3. The Kier molecular flexibility index (Phi) is 4.70. The summed E-state index contributed by atoms with van der Waals surface area (Å²) in [7, 11) is 1.56. The van der Waals surface area contributed by atoms with Crippen molar-refractivity contribution in [3.8, 4) is 5.75 Å². The smallest absolute Gasteiger partial charge is 0.135 e. The zero-order valence-electron chi connectivity index (χ0n) is 7.93. The molecule has 0 atom stereocenters. The Bertz CT molecular complexity index is 396. The minimum atomic E-state index is 0.161. The van der Waals surface area contributed by atoms with E-state index in [1.54, 1.807) is 19.2 Å². The first-order chi connectivity index (χ1) is 7.08. The number of aliphatic imine (C=N–C) groups is 1. The molecule has 0 radical (unpaired) electrons. The number of halogens is 3. The summed E-state index contributed by atoms with van der Waals surface area (Å²) in [4.78, 5) is 4.06. The van der Waals surface area contributed by atoms with Crippen molar-refractivity contribution in [3.63, 3.8) is 0 Å². The maximum absolute atomic E-state index is 5.97. The van der Waals surface area contributed by atoms with Crippen molar-refractivity contribution in [1.29, 1.82) is 0 Å². The topological polar surface area (TPSA) is 47.6 Å². The summed E-state index contributed by atoms with van der Waals surface area (Å²) < 4.78 is 5.87. The van der Waals surface area contributed by atoms with E-state index in [9.17, 15) is 0 Å². The van der Waals surface area contributed by atoms with Gasteiger partial charge in [-0.3, -0.25) is 0 Å². The molecule has 0 bridgehead atoms. The number of ether oxygens (including phenoxy) is 1. The first-order valence-corrected chi connectivity index (χ1v) is 5.71. The zero-order valence-corrected chi connectivity index (χ0v) is 11.0. The fourth-order valence-electron chi connectivity index (χ4n) is 0.945. The van der Waals surface area contributed by atoms with E-state index in [1.165, 1.54) is 0 Å². The SMILES string of the molecule is COc1cc(N=C(N)CCl)c(Cl)cc1Br. The van der Waals surface area contributed by atoms with Gasteiger partial charge in [-0.05, 0) is 22.0 Å². The molecular weight excluding hydrogens is 303 g/mol. The number of hydrogen-bond donors (Lipinski definition) is 1. The van der Waals surface area contributed by atoms with Crippen LogP contribution in [0.25, 0.3) is 0 Å². The molecule has 0 saturated heterocycles. The van der Waals surface area contributed by atoms with Crippen LogP contribution in [0.1, 0.15) is 0 Å². The van der Waals surface area contributed by atoms with Crippen molar-refractivity contribution >= 4 is 50.7 Å². The fourth-order valence-corrected chi connectivity index (χ4v) is 1.85. The molecular formula is C9H9BrCl2N2O. The van der Waals surface area contributed by atoms with E-state index in [4.69, 9.17) is 33.7 Å². The highest BCUT2D eigenvalue weighted by Gasteiger charge is 2.07. The van der Waals surface area contributed by atoms with Gasteiger partial charge in [-0.25, -0.2) is 4.99 Å². The van der Waals surface area contributed by atoms with Crippen LogP contribution in [0, 0.1) is 0 Å². The second-order valence-corrected chi connectivity index (χ2v) is 4.20. The lowest BCUT2D eigenvalue weighted by Crippen LogP contribution is -2.12. The summed E-state index contributed by atoms with van der Waals surface area (Å²) in [6.45, 7) is 0. The monoisotopic (exact) mass is 310 g/mol. The van der Waals surface area contributed by atoms with Crippen molar-refractivity contribution in [1.82, 2.24) is 0 Å². The van der Waals surface area contributed by atoms with Gasteiger partial charge in [-0.15, -0.1) is 11.6 Å². The molecule has 0 aromatic heterocycles. The number of alkyl halides is 1. The third-order valence-corrected chi connectivity index (χ3v) is 2.82. The van der Waals surface area contributed by atoms with E-state index in [0.29, 0.717) is 22.3 Å². The highest BCUT2D eigenvalue weighted by molar-refractivity contribution is 9.10. The Morgan fingerprint density at radius 3 is 2.80 bits per heavy atom.